The van der Waals surface area contributed by atoms with Crippen LogP contribution in [0, 0.1) is 0 Å². The monoisotopic (exact) mass is 362 g/mol. The van der Waals surface area contributed by atoms with Crippen LogP contribution in [-0.4, -0.2) is 11.1 Å². The van der Waals surface area contributed by atoms with Crippen molar-refractivity contribution in [2.75, 3.05) is 0 Å². The van der Waals surface area contributed by atoms with Gasteiger partial charge in [0, 0.05) is 5.41 Å². The van der Waals surface area contributed by atoms with Crippen LogP contribution in [0.15, 0.2) is 91.0 Å². The van der Waals surface area contributed by atoms with Crippen LogP contribution >= 0.6 is 9.24 Å². The number of hydrogen-bond donors (Lipinski definition) is 1. The summed E-state index contributed by atoms with van der Waals surface area (Å²) in [4.78, 5) is 12.8. The molecule has 0 aliphatic carbocycles. The van der Waals surface area contributed by atoms with E-state index in [1.54, 1.807) is 0 Å². The number of carboxylic acids is 1. The average molecular weight is 362 g/mol. The van der Waals surface area contributed by atoms with Crippen LogP contribution < -0.4 is 0 Å². The lowest BCUT2D eigenvalue weighted by molar-refractivity contribution is -0.142. The van der Waals surface area contributed by atoms with Crippen molar-refractivity contribution in [1.29, 1.82) is 0 Å². The Labute approximate surface area is 157 Å². The molecule has 0 fully saturated rings. The van der Waals surface area contributed by atoms with Crippen LogP contribution in [0.2, 0.25) is 0 Å². The van der Waals surface area contributed by atoms with Crippen LogP contribution in [0.1, 0.15) is 30.0 Å². The fourth-order valence-electron chi connectivity index (χ4n) is 4.01. The van der Waals surface area contributed by atoms with Gasteiger partial charge >= 0.3 is 5.97 Å². The van der Waals surface area contributed by atoms with E-state index >= 15 is 0 Å². The van der Waals surface area contributed by atoms with E-state index in [9.17, 15) is 9.90 Å². The third-order valence-corrected chi connectivity index (χ3v) is 6.38. The number of rotatable bonds is 6. The topological polar surface area (TPSA) is 37.3 Å². The van der Waals surface area contributed by atoms with Crippen molar-refractivity contribution < 1.29 is 9.90 Å². The molecule has 0 amide bonds. The summed E-state index contributed by atoms with van der Waals surface area (Å²) in [5.41, 5.74) is 2.03. The van der Waals surface area contributed by atoms with Gasteiger partial charge in [0.25, 0.3) is 0 Å². The molecule has 26 heavy (non-hydrogen) atoms. The normalized spacial score (nSPS) is 13.8. The van der Waals surface area contributed by atoms with Crippen molar-refractivity contribution in [1.82, 2.24) is 0 Å². The van der Waals surface area contributed by atoms with Gasteiger partial charge in [-0.05, 0) is 23.1 Å². The Balaban J connectivity index is 2.41. The molecule has 0 bridgehead atoms. The molecule has 132 valence electrons. The zero-order valence-corrected chi connectivity index (χ0v) is 16.0. The predicted octanol–water partition coefficient (Wildman–Crippen LogP) is 5.24. The fourth-order valence-corrected chi connectivity index (χ4v) is 4.74. The summed E-state index contributed by atoms with van der Waals surface area (Å²) in [5.74, 6) is -0.858. The van der Waals surface area contributed by atoms with Gasteiger partial charge in [-0.25, -0.2) is 0 Å². The molecule has 2 nitrogen and oxygen atoms in total. The Morgan fingerprint density at radius 3 is 1.42 bits per heavy atom. The molecule has 0 aliphatic rings. The molecule has 0 aliphatic heterocycles. The summed E-state index contributed by atoms with van der Waals surface area (Å²) in [6.07, 6.45) is 0.645. The van der Waals surface area contributed by atoms with Crippen LogP contribution in [0.3, 0.4) is 0 Å². The van der Waals surface area contributed by atoms with E-state index in [1.807, 2.05) is 91.0 Å². The quantitative estimate of drug-likeness (QED) is 0.609. The van der Waals surface area contributed by atoms with Crippen LogP contribution in [-0.2, 0) is 15.4 Å². The smallest absolute Gasteiger partial charge is 0.319 e. The second-order valence-electron chi connectivity index (χ2n) is 6.47. The molecule has 0 radical (unpaired) electrons. The average Bonchev–Trinajstić information content (AvgIpc) is 2.71. The summed E-state index contributed by atoms with van der Waals surface area (Å²) in [7, 11) is 2.68. The van der Waals surface area contributed by atoms with Gasteiger partial charge in [0.2, 0.25) is 0 Å². The van der Waals surface area contributed by atoms with Gasteiger partial charge in [-0.2, -0.15) is 0 Å². The highest BCUT2D eigenvalue weighted by Crippen LogP contribution is 2.55. The van der Waals surface area contributed by atoms with Crippen LogP contribution in [0.5, 0.6) is 0 Å². The van der Waals surface area contributed by atoms with Gasteiger partial charge in [-0.15, -0.1) is 9.24 Å². The summed E-state index contributed by atoms with van der Waals surface area (Å²) >= 11 is 0. The molecule has 0 aromatic heterocycles. The van der Waals surface area contributed by atoms with Crippen molar-refractivity contribution in [2.45, 2.75) is 23.9 Å². The highest BCUT2D eigenvalue weighted by molar-refractivity contribution is 7.20. The van der Waals surface area contributed by atoms with Crippen molar-refractivity contribution in [3.05, 3.63) is 108 Å². The summed E-state index contributed by atoms with van der Waals surface area (Å²) in [6.45, 7) is 2.06. The van der Waals surface area contributed by atoms with Crippen molar-refractivity contribution in [2.24, 2.45) is 0 Å². The first-order valence-corrected chi connectivity index (χ1v) is 9.34. The molecule has 3 aromatic rings. The minimum atomic E-state index is -1.20. The molecule has 3 rings (SSSR count). The highest BCUT2D eigenvalue weighted by atomic mass is 31.0. The van der Waals surface area contributed by atoms with E-state index in [-0.39, 0.29) is 0 Å². The van der Waals surface area contributed by atoms with Gasteiger partial charge in [-0.3, -0.25) is 4.79 Å². The van der Waals surface area contributed by atoms with Crippen LogP contribution in [0.4, 0.5) is 0 Å². The summed E-state index contributed by atoms with van der Waals surface area (Å²) < 4.78 is 0. The maximum absolute atomic E-state index is 12.8. The lowest BCUT2D eigenvalue weighted by atomic mass is 9.61. The Bertz CT molecular complexity index is 823. The minimum absolute atomic E-state index is 0.645. The van der Waals surface area contributed by atoms with Crippen molar-refractivity contribution in [3.8, 4) is 0 Å². The first-order chi connectivity index (χ1) is 12.6. The molecule has 0 saturated heterocycles. The highest BCUT2D eigenvalue weighted by Gasteiger charge is 2.55. The number of hydrogen-bond acceptors (Lipinski definition) is 1. The number of aliphatic carboxylic acids is 1. The maximum atomic E-state index is 12.8. The van der Waals surface area contributed by atoms with Crippen molar-refractivity contribution >= 4 is 15.2 Å². The number of benzene rings is 3. The molecule has 0 saturated carbocycles. The Kier molecular flexibility index (Phi) is 5.25. The first kappa shape index (κ1) is 18.4. The molecule has 0 heterocycles. The van der Waals surface area contributed by atoms with Gasteiger partial charge in [0.15, 0.2) is 0 Å². The fraction of sp³-hybridized carbons (Fsp3) is 0.174. The standard InChI is InChI=1S/C23H23O2P/c1-2-22(18-12-6-3-7-13-18,19-14-8-4-9-15-19)23(26,21(24)25)20-16-10-5-11-17-20/h3-17H,2,26H2,1H3,(H,24,25). The van der Waals surface area contributed by atoms with E-state index < -0.39 is 16.5 Å². The summed E-state index contributed by atoms with van der Waals surface area (Å²) in [5, 5.41) is 9.25. The first-order valence-electron chi connectivity index (χ1n) is 8.76. The largest absolute Gasteiger partial charge is 0.480 e. The molecule has 3 heteroatoms. The van der Waals surface area contributed by atoms with E-state index in [0.717, 1.165) is 16.7 Å². The van der Waals surface area contributed by atoms with Crippen molar-refractivity contribution in [3.63, 3.8) is 0 Å². The number of carboxylic acid groups (broad SMARTS) is 1. The zero-order valence-electron chi connectivity index (χ0n) is 14.8. The lowest BCUT2D eigenvalue weighted by Gasteiger charge is -2.47. The van der Waals surface area contributed by atoms with Crippen LogP contribution in [0.25, 0.3) is 0 Å². The zero-order chi connectivity index (χ0) is 18.6. The molecule has 1 N–H and O–H groups in total. The van der Waals surface area contributed by atoms with Gasteiger partial charge < -0.3 is 5.11 Å². The van der Waals surface area contributed by atoms with Gasteiger partial charge in [-0.1, -0.05) is 97.9 Å². The molecule has 3 aromatic carbocycles. The van der Waals surface area contributed by atoms with E-state index in [4.69, 9.17) is 0 Å². The molecule has 2 unspecified atom stereocenters. The molecular weight excluding hydrogens is 339 g/mol. The SMILES string of the molecule is CCC(c1ccccc1)(c1ccccc1)C(P)(C(=O)O)c1ccccc1. The Morgan fingerprint density at radius 1 is 0.769 bits per heavy atom. The van der Waals surface area contributed by atoms with Gasteiger partial charge in [0.1, 0.15) is 5.16 Å². The third kappa shape index (κ3) is 2.75. The molecular formula is C23H23O2P. The maximum Gasteiger partial charge on any atom is 0.319 e. The number of carbonyl (C=O) groups is 1. The second kappa shape index (κ2) is 7.43. The lowest BCUT2D eigenvalue weighted by Crippen LogP contribution is -2.51. The summed E-state index contributed by atoms with van der Waals surface area (Å²) in [6, 6.07) is 29.4. The molecule has 2 atom stereocenters. The van der Waals surface area contributed by atoms with E-state index in [0.29, 0.717) is 6.42 Å². The Hall–Kier alpha value is -2.44. The predicted molar refractivity (Wildman–Crippen MR) is 109 cm³/mol. The van der Waals surface area contributed by atoms with E-state index in [1.165, 1.54) is 0 Å². The third-order valence-electron chi connectivity index (χ3n) is 5.30. The Morgan fingerprint density at radius 2 is 1.12 bits per heavy atom. The minimum Gasteiger partial charge on any atom is -0.480 e. The second-order valence-corrected chi connectivity index (χ2v) is 7.34. The molecule has 0 spiro atoms. The van der Waals surface area contributed by atoms with E-state index in [2.05, 4.69) is 16.2 Å². The van der Waals surface area contributed by atoms with Gasteiger partial charge in [0.05, 0.1) is 0 Å².